The number of ether oxygens (including phenoxy) is 1. The standard InChI is InChI=1S/C22H35N3O3/c1-2-3-4-8-13-28-20-12-11-17(23)15-18(20)22(27)25-19(21(24)26)14-16-9-6-5-7-10-16/h11-12,15-16,19H,2-10,13-14,23H2,1H3,(H2,24,26)(H,25,27)/t19-/m0/s1. The van der Waals surface area contributed by atoms with Gasteiger partial charge < -0.3 is 21.5 Å². The highest BCUT2D eigenvalue weighted by Gasteiger charge is 2.25. The van der Waals surface area contributed by atoms with Crippen molar-refractivity contribution in [3.63, 3.8) is 0 Å². The van der Waals surface area contributed by atoms with E-state index < -0.39 is 11.9 Å². The van der Waals surface area contributed by atoms with Crippen LogP contribution in [0.4, 0.5) is 5.69 Å². The quantitative estimate of drug-likeness (QED) is 0.395. The smallest absolute Gasteiger partial charge is 0.255 e. The van der Waals surface area contributed by atoms with Crippen LogP contribution in [0.1, 0.15) is 81.5 Å². The number of unbranched alkanes of at least 4 members (excludes halogenated alkanes) is 3. The summed E-state index contributed by atoms with van der Waals surface area (Å²) in [5.74, 6) is 0.0612. The third-order valence-corrected chi connectivity index (χ3v) is 5.45. The number of anilines is 1. The number of carbonyl (C=O) groups is 2. The van der Waals surface area contributed by atoms with E-state index in [1.165, 1.54) is 25.7 Å². The minimum absolute atomic E-state index is 0.352. The summed E-state index contributed by atoms with van der Waals surface area (Å²) in [4.78, 5) is 24.8. The Hall–Kier alpha value is -2.24. The van der Waals surface area contributed by atoms with Crippen LogP contribution in [0.25, 0.3) is 0 Å². The summed E-state index contributed by atoms with van der Waals surface area (Å²) in [7, 11) is 0. The summed E-state index contributed by atoms with van der Waals surface area (Å²) < 4.78 is 5.82. The van der Waals surface area contributed by atoms with Crippen molar-refractivity contribution in [1.29, 1.82) is 0 Å². The molecule has 0 unspecified atom stereocenters. The highest BCUT2D eigenvalue weighted by Crippen LogP contribution is 2.28. The van der Waals surface area contributed by atoms with Gasteiger partial charge in [-0.15, -0.1) is 0 Å². The minimum atomic E-state index is -0.672. The van der Waals surface area contributed by atoms with Crippen molar-refractivity contribution in [2.75, 3.05) is 12.3 Å². The SMILES string of the molecule is CCCCCCOc1ccc(N)cc1C(=O)N[C@@H](CC1CCCCC1)C(N)=O. The Morgan fingerprint density at radius 2 is 1.93 bits per heavy atom. The van der Waals surface area contributed by atoms with Gasteiger partial charge in [-0.3, -0.25) is 9.59 Å². The minimum Gasteiger partial charge on any atom is -0.493 e. The first kappa shape index (κ1) is 22.1. The Bertz CT molecular complexity index is 642. The molecule has 2 rings (SSSR count). The van der Waals surface area contributed by atoms with E-state index in [0.717, 1.165) is 32.1 Å². The molecular formula is C22H35N3O3. The molecule has 1 aliphatic carbocycles. The van der Waals surface area contributed by atoms with Gasteiger partial charge in [0.1, 0.15) is 11.8 Å². The molecule has 6 heteroatoms. The molecule has 1 aliphatic rings. The van der Waals surface area contributed by atoms with Crippen molar-refractivity contribution >= 4 is 17.5 Å². The van der Waals surface area contributed by atoms with Crippen LogP contribution < -0.4 is 21.5 Å². The van der Waals surface area contributed by atoms with Crippen LogP contribution in [-0.4, -0.2) is 24.5 Å². The second-order valence-electron chi connectivity index (χ2n) is 7.83. The average molecular weight is 390 g/mol. The third-order valence-electron chi connectivity index (χ3n) is 5.45. The maximum atomic E-state index is 12.9. The zero-order valence-electron chi connectivity index (χ0n) is 17.0. The summed E-state index contributed by atoms with van der Waals surface area (Å²) in [5, 5.41) is 2.81. The van der Waals surface area contributed by atoms with Gasteiger partial charge in [-0.1, -0.05) is 58.3 Å². The Morgan fingerprint density at radius 1 is 1.18 bits per heavy atom. The van der Waals surface area contributed by atoms with Crippen LogP contribution in [0.15, 0.2) is 18.2 Å². The van der Waals surface area contributed by atoms with Gasteiger partial charge in [-0.05, 0) is 37.0 Å². The van der Waals surface area contributed by atoms with E-state index in [4.69, 9.17) is 16.2 Å². The maximum absolute atomic E-state index is 12.9. The monoisotopic (exact) mass is 389 g/mol. The first-order chi connectivity index (χ1) is 13.5. The molecule has 0 spiro atoms. The van der Waals surface area contributed by atoms with Crippen molar-refractivity contribution in [2.45, 2.75) is 77.2 Å². The van der Waals surface area contributed by atoms with Gasteiger partial charge in [0.15, 0.2) is 0 Å². The maximum Gasteiger partial charge on any atom is 0.255 e. The lowest BCUT2D eigenvalue weighted by Gasteiger charge is -2.25. The van der Waals surface area contributed by atoms with E-state index in [9.17, 15) is 9.59 Å². The van der Waals surface area contributed by atoms with Crippen molar-refractivity contribution in [3.8, 4) is 5.75 Å². The second-order valence-corrected chi connectivity index (χ2v) is 7.83. The predicted octanol–water partition coefficient (Wildman–Crippen LogP) is 3.78. The molecule has 1 aromatic carbocycles. The van der Waals surface area contributed by atoms with Crippen LogP contribution in [0, 0.1) is 5.92 Å². The fraction of sp³-hybridized carbons (Fsp3) is 0.636. The molecule has 1 aromatic rings. The summed E-state index contributed by atoms with van der Waals surface area (Å²) in [6.07, 6.45) is 10.7. The molecule has 5 N–H and O–H groups in total. The lowest BCUT2D eigenvalue weighted by molar-refractivity contribution is -0.120. The molecular weight excluding hydrogens is 354 g/mol. The van der Waals surface area contributed by atoms with Gasteiger partial charge in [0.05, 0.1) is 12.2 Å². The fourth-order valence-corrected chi connectivity index (χ4v) is 3.80. The Morgan fingerprint density at radius 3 is 2.61 bits per heavy atom. The van der Waals surface area contributed by atoms with E-state index in [1.807, 2.05) is 0 Å². The van der Waals surface area contributed by atoms with Gasteiger partial charge in [-0.2, -0.15) is 0 Å². The molecule has 0 radical (unpaired) electrons. The van der Waals surface area contributed by atoms with Crippen LogP contribution in [0.5, 0.6) is 5.75 Å². The summed E-state index contributed by atoms with van der Waals surface area (Å²) in [6, 6.07) is 4.35. The van der Waals surface area contributed by atoms with E-state index in [0.29, 0.717) is 35.9 Å². The van der Waals surface area contributed by atoms with Gasteiger partial charge in [-0.25, -0.2) is 0 Å². The first-order valence-corrected chi connectivity index (χ1v) is 10.6. The number of hydrogen-bond acceptors (Lipinski definition) is 4. The van der Waals surface area contributed by atoms with Crippen molar-refractivity contribution < 1.29 is 14.3 Å². The molecule has 0 heterocycles. The molecule has 28 heavy (non-hydrogen) atoms. The van der Waals surface area contributed by atoms with Crippen molar-refractivity contribution in [2.24, 2.45) is 11.7 Å². The topological polar surface area (TPSA) is 107 Å². The zero-order valence-corrected chi connectivity index (χ0v) is 17.0. The lowest BCUT2D eigenvalue weighted by atomic mass is 9.84. The number of amides is 2. The molecule has 2 amide bonds. The number of nitrogens with one attached hydrogen (secondary N) is 1. The first-order valence-electron chi connectivity index (χ1n) is 10.6. The molecule has 0 aromatic heterocycles. The van der Waals surface area contributed by atoms with Crippen LogP contribution in [-0.2, 0) is 4.79 Å². The second kappa shape index (κ2) is 11.6. The van der Waals surface area contributed by atoms with E-state index in [-0.39, 0.29) is 5.91 Å². The molecule has 0 bridgehead atoms. The van der Waals surface area contributed by atoms with E-state index in [1.54, 1.807) is 18.2 Å². The van der Waals surface area contributed by atoms with Gasteiger partial charge in [0.25, 0.3) is 5.91 Å². The Labute approximate surface area is 168 Å². The number of nitrogen functional groups attached to an aromatic ring is 1. The van der Waals surface area contributed by atoms with E-state index >= 15 is 0 Å². The summed E-state index contributed by atoms with van der Waals surface area (Å²) >= 11 is 0. The molecule has 1 atom stereocenters. The molecule has 1 fully saturated rings. The third kappa shape index (κ3) is 7.06. The number of rotatable bonds is 11. The van der Waals surface area contributed by atoms with Crippen LogP contribution in [0.2, 0.25) is 0 Å². The predicted molar refractivity (Wildman–Crippen MR) is 112 cm³/mol. The van der Waals surface area contributed by atoms with Gasteiger partial charge >= 0.3 is 0 Å². The summed E-state index contributed by atoms with van der Waals surface area (Å²) in [6.45, 7) is 2.71. The highest BCUT2D eigenvalue weighted by atomic mass is 16.5. The molecule has 6 nitrogen and oxygen atoms in total. The lowest BCUT2D eigenvalue weighted by Crippen LogP contribution is -2.45. The largest absolute Gasteiger partial charge is 0.493 e. The average Bonchev–Trinajstić information content (AvgIpc) is 2.69. The zero-order chi connectivity index (χ0) is 20.4. The Balaban J connectivity index is 2.01. The molecule has 0 aliphatic heterocycles. The number of hydrogen-bond donors (Lipinski definition) is 3. The van der Waals surface area contributed by atoms with Gasteiger partial charge in [0.2, 0.25) is 5.91 Å². The van der Waals surface area contributed by atoms with Crippen molar-refractivity contribution in [3.05, 3.63) is 23.8 Å². The van der Waals surface area contributed by atoms with E-state index in [2.05, 4.69) is 12.2 Å². The van der Waals surface area contributed by atoms with Crippen LogP contribution in [0.3, 0.4) is 0 Å². The van der Waals surface area contributed by atoms with Crippen molar-refractivity contribution in [1.82, 2.24) is 5.32 Å². The summed E-state index contributed by atoms with van der Waals surface area (Å²) in [5.41, 5.74) is 12.3. The van der Waals surface area contributed by atoms with Gasteiger partial charge in [0, 0.05) is 5.69 Å². The molecule has 156 valence electrons. The van der Waals surface area contributed by atoms with Crippen LogP contribution >= 0.6 is 0 Å². The number of nitrogens with two attached hydrogens (primary N) is 2. The number of benzene rings is 1. The molecule has 0 saturated heterocycles. The molecule has 1 saturated carbocycles. The normalized spacial score (nSPS) is 15.8. The highest BCUT2D eigenvalue weighted by molar-refractivity contribution is 6.00. The number of carbonyl (C=O) groups excluding carboxylic acids is 2. The fourth-order valence-electron chi connectivity index (χ4n) is 3.80. The number of primary amides is 1. The Kier molecular flexibility index (Phi) is 9.11.